The molecule has 0 aromatic heterocycles. The fourth-order valence-electron chi connectivity index (χ4n) is 11.9. The van der Waals surface area contributed by atoms with E-state index in [9.17, 15) is 60.7 Å². The highest BCUT2D eigenvalue weighted by molar-refractivity contribution is 5.98. The molecule has 4 aromatic rings. The van der Waals surface area contributed by atoms with E-state index in [0.29, 0.717) is 37.3 Å². The van der Waals surface area contributed by atoms with Gasteiger partial charge in [-0.15, -0.1) is 0 Å². The Balaban J connectivity index is 0.000000198. The van der Waals surface area contributed by atoms with Crippen LogP contribution in [0.15, 0.2) is 60.7 Å². The maximum absolute atomic E-state index is 13.9. The summed E-state index contributed by atoms with van der Waals surface area (Å²) in [6, 6.07) is 19.0. The van der Waals surface area contributed by atoms with Crippen molar-refractivity contribution in [3.05, 3.63) is 122 Å². The zero-order valence-electron chi connectivity index (χ0n) is 47.9. The molecule has 2 amide bonds. The number of carbonyl (C=O) groups excluding carboxylic acids is 2. The van der Waals surface area contributed by atoms with E-state index in [1.54, 1.807) is 21.9 Å². The number of rotatable bonds is 14. The molecule has 21 nitrogen and oxygen atoms in total. The zero-order chi connectivity index (χ0) is 58.8. The highest BCUT2D eigenvalue weighted by Gasteiger charge is 2.46. The fraction of sp³-hybridized carbons (Fsp3) is 0.574. The number of amides is 2. The first kappa shape index (κ1) is 61.2. The number of hydrogen-bond donors (Lipinski definition) is 10. The van der Waals surface area contributed by atoms with Crippen LogP contribution in [0.25, 0.3) is 0 Å². The Morgan fingerprint density at radius 3 is 1.48 bits per heavy atom. The number of nitrogens with zero attached hydrogens (tertiary/aromatic N) is 6. The lowest BCUT2D eigenvalue weighted by Crippen LogP contribution is -2.60. The molecule has 10 rings (SSSR count). The third kappa shape index (κ3) is 13.6. The van der Waals surface area contributed by atoms with Crippen molar-refractivity contribution in [2.24, 2.45) is 0 Å². The highest BCUT2D eigenvalue weighted by Crippen LogP contribution is 2.39. The van der Waals surface area contributed by atoms with E-state index in [0.717, 1.165) is 93.3 Å². The van der Waals surface area contributed by atoms with Crippen LogP contribution in [0.5, 0.6) is 17.2 Å². The number of phenols is 2. The van der Waals surface area contributed by atoms with Gasteiger partial charge in [0.15, 0.2) is 0 Å². The Morgan fingerprint density at radius 1 is 0.524 bits per heavy atom. The SMILES string of the molecule is CC(C)c1cc(C(=O)N2Cc3ccc(CN4CCN(C)CC4)cc3C2)c(O)cc1C[C@@H]1O[C@H](CO)[C@H](O)[C@H](O)[C@H]1O.CC(C)c1cc(C(=O)N2Cc3ccc(CN4CCN(C)CC4)cc3C2)c(O[C@@H]2O[C@H](CO)[C@H](O)[C@H](O)[C@H]2O)cc1O. The van der Waals surface area contributed by atoms with Gasteiger partial charge >= 0.3 is 0 Å². The summed E-state index contributed by atoms with van der Waals surface area (Å²) in [4.78, 5) is 40.6. The topological polar surface area (TPSA) is 284 Å². The predicted molar refractivity (Wildman–Crippen MR) is 302 cm³/mol. The molecule has 4 aromatic carbocycles. The molecule has 6 aliphatic heterocycles. The van der Waals surface area contributed by atoms with Gasteiger partial charge in [-0.05, 0) is 94.2 Å². The van der Waals surface area contributed by atoms with Gasteiger partial charge in [-0.25, -0.2) is 0 Å². The van der Waals surface area contributed by atoms with Gasteiger partial charge in [0, 0.05) is 104 Å². The van der Waals surface area contributed by atoms with Gasteiger partial charge < -0.3 is 84.9 Å². The van der Waals surface area contributed by atoms with E-state index in [-0.39, 0.29) is 58.4 Å². The minimum atomic E-state index is -1.66. The number of carbonyl (C=O) groups is 2. The minimum absolute atomic E-state index is 0.00468. The number of aliphatic hydroxyl groups excluding tert-OH is 8. The lowest BCUT2D eigenvalue weighted by atomic mass is 9.87. The largest absolute Gasteiger partial charge is 0.508 e. The second-order valence-corrected chi connectivity index (χ2v) is 23.9. The van der Waals surface area contributed by atoms with Crippen molar-refractivity contribution in [3.8, 4) is 17.2 Å². The summed E-state index contributed by atoms with van der Waals surface area (Å²) < 4.78 is 17.1. The van der Waals surface area contributed by atoms with E-state index in [1.807, 2.05) is 27.7 Å². The van der Waals surface area contributed by atoms with Crippen LogP contribution in [0.1, 0.15) is 110 Å². The summed E-state index contributed by atoms with van der Waals surface area (Å²) in [5.74, 6) is -0.942. The first-order valence-corrected chi connectivity index (χ1v) is 28.7. The fourth-order valence-corrected chi connectivity index (χ4v) is 11.9. The molecular formula is C61H84N6O15. The van der Waals surface area contributed by atoms with E-state index in [1.165, 1.54) is 23.3 Å². The Labute approximate surface area is 479 Å². The molecule has 10 atom stereocenters. The molecule has 0 spiro atoms. The van der Waals surface area contributed by atoms with Crippen molar-refractivity contribution in [2.45, 2.75) is 146 Å². The van der Waals surface area contributed by atoms with Gasteiger partial charge in [-0.2, -0.15) is 0 Å². The molecule has 4 saturated heterocycles. The molecule has 10 N–H and O–H groups in total. The molecule has 0 aliphatic carbocycles. The summed E-state index contributed by atoms with van der Waals surface area (Å²) in [7, 11) is 4.28. The number of ether oxygens (including phenoxy) is 3. The van der Waals surface area contributed by atoms with Gasteiger partial charge in [0.25, 0.3) is 11.8 Å². The van der Waals surface area contributed by atoms with Crippen molar-refractivity contribution < 1.29 is 74.9 Å². The number of aromatic hydroxyl groups is 2. The normalized spacial score (nSPS) is 27.4. The van der Waals surface area contributed by atoms with E-state index >= 15 is 0 Å². The van der Waals surface area contributed by atoms with Gasteiger partial charge in [0.1, 0.15) is 66.1 Å². The van der Waals surface area contributed by atoms with Crippen molar-refractivity contribution in [3.63, 3.8) is 0 Å². The number of piperazine rings is 2. The van der Waals surface area contributed by atoms with E-state index in [2.05, 4.69) is 70.1 Å². The summed E-state index contributed by atoms with van der Waals surface area (Å²) >= 11 is 0. The van der Waals surface area contributed by atoms with Gasteiger partial charge in [0.05, 0.1) is 30.4 Å². The number of fused-ring (bicyclic) bond motifs is 2. The average molecular weight is 1140 g/mol. The lowest BCUT2D eigenvalue weighted by Gasteiger charge is -2.40. The molecule has 82 heavy (non-hydrogen) atoms. The van der Waals surface area contributed by atoms with Crippen LogP contribution in [-0.2, 0) is 55.2 Å². The molecule has 0 unspecified atom stereocenters. The summed E-state index contributed by atoms with van der Waals surface area (Å²) in [6.45, 7) is 18.5. The molecular weight excluding hydrogens is 1060 g/mol. The maximum atomic E-state index is 13.9. The van der Waals surface area contributed by atoms with Crippen LogP contribution in [-0.4, -0.2) is 233 Å². The maximum Gasteiger partial charge on any atom is 0.258 e. The van der Waals surface area contributed by atoms with Crippen molar-refractivity contribution in [2.75, 3.05) is 79.7 Å². The summed E-state index contributed by atoms with van der Waals surface area (Å²) in [5, 5.41) is 102. The summed E-state index contributed by atoms with van der Waals surface area (Å²) in [5.41, 5.74) is 9.28. The molecule has 6 heterocycles. The Bertz CT molecular complexity index is 2870. The van der Waals surface area contributed by atoms with Crippen LogP contribution < -0.4 is 4.74 Å². The van der Waals surface area contributed by atoms with Crippen molar-refractivity contribution in [1.29, 1.82) is 0 Å². The van der Waals surface area contributed by atoms with Crippen molar-refractivity contribution in [1.82, 2.24) is 29.4 Å². The molecule has 6 aliphatic rings. The lowest BCUT2D eigenvalue weighted by molar-refractivity contribution is -0.277. The van der Waals surface area contributed by atoms with Crippen LogP contribution in [0.2, 0.25) is 0 Å². The Morgan fingerprint density at radius 2 is 0.976 bits per heavy atom. The molecule has 0 radical (unpaired) electrons. The number of benzene rings is 4. The van der Waals surface area contributed by atoms with E-state index < -0.39 is 74.4 Å². The molecule has 0 bridgehead atoms. The predicted octanol–water partition coefficient (Wildman–Crippen LogP) is 1.40. The van der Waals surface area contributed by atoms with Crippen LogP contribution in [0.4, 0.5) is 0 Å². The van der Waals surface area contributed by atoms with Gasteiger partial charge in [-0.1, -0.05) is 64.1 Å². The average Bonchev–Trinajstić information content (AvgIpc) is 4.13. The van der Waals surface area contributed by atoms with Crippen LogP contribution in [0, 0.1) is 0 Å². The standard InChI is InChI=1S/C31H43N3O7.C30H41N3O8/c1-18(2)23-13-24(25(36)11-21(23)12-26-28(37)30(39)29(38)27(17-35)41-26)31(40)34-15-20-5-4-19(10-22(20)16-34)14-33-8-6-32(3)7-9-33;1-17(2)21-11-22(24(12-23(21)35)40-30-28(38)27(37)26(36)25(16-34)41-30)29(39)33-14-19-5-4-18(10-20(19)15-33)13-32-8-6-31(3)7-9-32/h4-5,10-11,13,18,26-30,35-39H,6-9,12,14-17H2,1-3H3;4-5,10-12,17,25-28,30,34-38H,6-9,13-16H2,1-3H3/t26-,27+,28-,29-,30+;25-,26+,27+,28-,30-/m01/s1. The molecule has 4 fully saturated rings. The second-order valence-electron chi connectivity index (χ2n) is 23.9. The van der Waals surface area contributed by atoms with Crippen LogP contribution >= 0.6 is 0 Å². The number of aliphatic hydroxyl groups is 8. The first-order chi connectivity index (χ1) is 39.1. The third-order valence-corrected chi connectivity index (χ3v) is 17.2. The van der Waals surface area contributed by atoms with Crippen LogP contribution in [0.3, 0.4) is 0 Å². The second kappa shape index (κ2) is 26.3. The minimum Gasteiger partial charge on any atom is -0.508 e. The Hall–Kier alpha value is -5.34. The Kier molecular flexibility index (Phi) is 19.6. The molecule has 0 saturated carbocycles. The van der Waals surface area contributed by atoms with Gasteiger partial charge in [0.2, 0.25) is 6.29 Å². The van der Waals surface area contributed by atoms with Gasteiger partial charge in [-0.3, -0.25) is 19.4 Å². The molecule has 448 valence electrons. The number of likely N-dealkylation sites (N-methyl/N-ethyl adjacent to an activating group) is 2. The highest BCUT2D eigenvalue weighted by atomic mass is 16.7. The zero-order valence-corrected chi connectivity index (χ0v) is 47.9. The quantitative estimate of drug-likeness (QED) is 0.0854. The molecule has 21 heteroatoms. The first-order valence-electron chi connectivity index (χ1n) is 28.7. The smallest absolute Gasteiger partial charge is 0.258 e. The third-order valence-electron chi connectivity index (χ3n) is 17.2. The summed E-state index contributed by atoms with van der Waals surface area (Å²) in [6.07, 6.45) is -13.6. The number of phenolic OH excluding ortho intramolecular Hbond substituents is 2. The van der Waals surface area contributed by atoms with E-state index in [4.69, 9.17) is 14.2 Å². The monoisotopic (exact) mass is 1140 g/mol. The van der Waals surface area contributed by atoms with Crippen molar-refractivity contribution >= 4 is 11.8 Å². The number of hydrogen-bond acceptors (Lipinski definition) is 19.